The lowest BCUT2D eigenvalue weighted by Crippen LogP contribution is -2.19. The van der Waals surface area contributed by atoms with Crippen LogP contribution in [0.5, 0.6) is 0 Å². The summed E-state index contributed by atoms with van der Waals surface area (Å²) in [6, 6.07) is 8.78. The van der Waals surface area contributed by atoms with Crippen molar-refractivity contribution in [1.29, 1.82) is 0 Å². The molecule has 0 unspecified atom stereocenters. The van der Waals surface area contributed by atoms with Gasteiger partial charge in [0.15, 0.2) is 0 Å². The normalized spacial score (nSPS) is 11.2. The smallest absolute Gasteiger partial charge is 0.337 e. The molecule has 0 aliphatic carbocycles. The fourth-order valence-corrected chi connectivity index (χ4v) is 2.18. The minimum atomic E-state index is -1.04. The van der Waals surface area contributed by atoms with Gasteiger partial charge in [0, 0.05) is 13.2 Å². The number of fused-ring (bicyclic) bond motifs is 3. The number of aromatic nitrogens is 2. The Morgan fingerprint density at radius 2 is 1.83 bits per heavy atom. The summed E-state index contributed by atoms with van der Waals surface area (Å²) in [5.41, 5.74) is 1.85. The Morgan fingerprint density at radius 1 is 1.17 bits per heavy atom. The summed E-state index contributed by atoms with van der Waals surface area (Å²) in [5, 5.41) is 9.00. The van der Waals surface area contributed by atoms with Crippen molar-refractivity contribution < 1.29 is 9.90 Å². The van der Waals surface area contributed by atoms with Gasteiger partial charge in [-0.2, -0.15) is 0 Å². The number of aromatic carboxylic acids is 1. The van der Waals surface area contributed by atoms with Crippen LogP contribution < -0.4 is 5.56 Å². The topological polar surface area (TPSA) is 63.7 Å². The van der Waals surface area contributed by atoms with E-state index in [0.29, 0.717) is 5.52 Å². The Bertz CT molecular complexity index is 842. The Balaban J connectivity index is 2.61. The number of carbonyl (C=O) groups is 1. The second kappa shape index (κ2) is 3.46. The third-order valence-corrected chi connectivity index (χ3v) is 3.09. The van der Waals surface area contributed by atoms with Crippen LogP contribution in [0, 0.1) is 0 Å². The first-order valence-corrected chi connectivity index (χ1v) is 5.43. The minimum absolute atomic E-state index is 0.114. The van der Waals surface area contributed by atoms with Gasteiger partial charge < -0.3 is 14.1 Å². The van der Waals surface area contributed by atoms with Crippen molar-refractivity contribution >= 4 is 22.5 Å². The Hall–Kier alpha value is -2.56. The van der Waals surface area contributed by atoms with E-state index in [2.05, 4.69) is 0 Å². The molecule has 90 valence electrons. The molecule has 0 aliphatic rings. The molecule has 0 fully saturated rings. The average Bonchev–Trinajstić information content (AvgIpc) is 2.81. The van der Waals surface area contributed by atoms with Crippen molar-refractivity contribution in [3.8, 4) is 0 Å². The van der Waals surface area contributed by atoms with Gasteiger partial charge in [0.25, 0.3) is 5.56 Å². The molecule has 2 heterocycles. The van der Waals surface area contributed by atoms with Crippen LogP contribution in [0.1, 0.15) is 10.4 Å². The maximum Gasteiger partial charge on any atom is 0.337 e. The highest BCUT2D eigenvalue weighted by Gasteiger charge is 2.12. The highest BCUT2D eigenvalue weighted by molar-refractivity contribution is 5.91. The summed E-state index contributed by atoms with van der Waals surface area (Å²) in [5.74, 6) is -1.04. The maximum atomic E-state index is 12.1. The Morgan fingerprint density at radius 3 is 2.50 bits per heavy atom. The molecule has 5 heteroatoms. The van der Waals surface area contributed by atoms with Crippen LogP contribution >= 0.6 is 0 Å². The van der Waals surface area contributed by atoms with Gasteiger partial charge in [0.05, 0.1) is 16.6 Å². The molecule has 5 nitrogen and oxygen atoms in total. The van der Waals surface area contributed by atoms with Crippen LogP contribution in [0.2, 0.25) is 0 Å². The number of benzene rings is 1. The van der Waals surface area contributed by atoms with Crippen LogP contribution in [-0.2, 0) is 7.05 Å². The molecular weight excluding hydrogens is 232 g/mol. The predicted octanol–water partition coefficient (Wildman–Crippen LogP) is 1.49. The van der Waals surface area contributed by atoms with E-state index in [4.69, 9.17) is 5.11 Å². The van der Waals surface area contributed by atoms with E-state index in [1.807, 2.05) is 24.3 Å². The molecule has 0 spiro atoms. The van der Waals surface area contributed by atoms with Gasteiger partial charge in [-0.25, -0.2) is 4.79 Å². The van der Waals surface area contributed by atoms with Crippen molar-refractivity contribution in [3.05, 3.63) is 52.4 Å². The minimum Gasteiger partial charge on any atom is -0.478 e. The second-order valence-electron chi connectivity index (χ2n) is 4.14. The summed E-state index contributed by atoms with van der Waals surface area (Å²) in [4.78, 5) is 23.1. The monoisotopic (exact) mass is 242 g/mol. The maximum absolute atomic E-state index is 12.1. The standard InChI is InChI=1S/C13H10N2O3/c1-14-9-4-2-3-5-10(9)15-7-8(13(17)18)6-11(15)12(14)16/h2-7H,1H3,(H,17,18). The van der Waals surface area contributed by atoms with E-state index in [1.54, 1.807) is 11.4 Å². The molecule has 0 aliphatic heterocycles. The van der Waals surface area contributed by atoms with E-state index in [-0.39, 0.29) is 11.1 Å². The van der Waals surface area contributed by atoms with Crippen molar-refractivity contribution in [2.24, 2.45) is 7.05 Å². The highest BCUT2D eigenvalue weighted by atomic mass is 16.4. The van der Waals surface area contributed by atoms with Crippen molar-refractivity contribution in [2.75, 3.05) is 0 Å². The van der Waals surface area contributed by atoms with Crippen molar-refractivity contribution in [3.63, 3.8) is 0 Å². The predicted molar refractivity (Wildman–Crippen MR) is 67.1 cm³/mol. The number of carboxylic acid groups (broad SMARTS) is 1. The molecule has 0 saturated carbocycles. The molecule has 2 aromatic heterocycles. The lowest BCUT2D eigenvalue weighted by atomic mass is 10.3. The summed E-state index contributed by atoms with van der Waals surface area (Å²) < 4.78 is 3.15. The summed E-state index contributed by atoms with van der Waals surface area (Å²) >= 11 is 0. The number of nitrogens with zero attached hydrogens (tertiary/aromatic N) is 2. The molecule has 0 atom stereocenters. The SMILES string of the molecule is Cn1c(=O)c2cc(C(=O)O)cn2c2ccccc21. The van der Waals surface area contributed by atoms with Crippen LogP contribution in [0.3, 0.4) is 0 Å². The van der Waals surface area contributed by atoms with Crippen molar-refractivity contribution in [1.82, 2.24) is 8.97 Å². The summed E-state index contributed by atoms with van der Waals surface area (Å²) in [6.45, 7) is 0. The van der Waals surface area contributed by atoms with E-state index in [0.717, 1.165) is 11.0 Å². The van der Waals surface area contributed by atoms with Gasteiger partial charge in [-0.1, -0.05) is 12.1 Å². The number of carboxylic acids is 1. The van der Waals surface area contributed by atoms with Gasteiger partial charge >= 0.3 is 5.97 Å². The molecule has 3 rings (SSSR count). The molecular formula is C13H10N2O3. The molecule has 3 aromatic rings. The van der Waals surface area contributed by atoms with Gasteiger partial charge in [0.2, 0.25) is 0 Å². The zero-order chi connectivity index (χ0) is 12.9. The highest BCUT2D eigenvalue weighted by Crippen LogP contribution is 2.16. The third-order valence-electron chi connectivity index (χ3n) is 3.09. The second-order valence-corrected chi connectivity index (χ2v) is 4.14. The third kappa shape index (κ3) is 1.27. The van der Waals surface area contributed by atoms with E-state index >= 15 is 0 Å². The van der Waals surface area contributed by atoms with Gasteiger partial charge in [0.1, 0.15) is 5.52 Å². The van der Waals surface area contributed by atoms with Gasteiger partial charge in [-0.3, -0.25) is 4.79 Å². The van der Waals surface area contributed by atoms with Crippen LogP contribution in [-0.4, -0.2) is 20.0 Å². The zero-order valence-electron chi connectivity index (χ0n) is 9.62. The molecule has 18 heavy (non-hydrogen) atoms. The molecule has 0 saturated heterocycles. The van der Waals surface area contributed by atoms with E-state index in [9.17, 15) is 9.59 Å². The van der Waals surface area contributed by atoms with Gasteiger partial charge in [-0.05, 0) is 18.2 Å². The molecule has 0 radical (unpaired) electrons. The first-order chi connectivity index (χ1) is 8.59. The Kier molecular flexibility index (Phi) is 2.04. The summed E-state index contributed by atoms with van der Waals surface area (Å²) in [7, 11) is 1.68. The number of hydrogen-bond acceptors (Lipinski definition) is 2. The fourth-order valence-electron chi connectivity index (χ4n) is 2.18. The molecule has 0 bridgehead atoms. The lowest BCUT2D eigenvalue weighted by Gasteiger charge is -2.07. The lowest BCUT2D eigenvalue weighted by molar-refractivity contribution is 0.0697. The fraction of sp³-hybridized carbons (Fsp3) is 0.0769. The first-order valence-electron chi connectivity index (χ1n) is 5.43. The first kappa shape index (κ1) is 10.6. The van der Waals surface area contributed by atoms with Crippen LogP contribution in [0.25, 0.3) is 16.6 Å². The largest absolute Gasteiger partial charge is 0.478 e. The van der Waals surface area contributed by atoms with E-state index in [1.165, 1.54) is 16.8 Å². The number of rotatable bonds is 1. The van der Waals surface area contributed by atoms with Crippen LogP contribution in [0.15, 0.2) is 41.3 Å². The summed E-state index contributed by atoms with van der Waals surface area (Å²) in [6.07, 6.45) is 1.47. The van der Waals surface area contributed by atoms with Crippen LogP contribution in [0.4, 0.5) is 0 Å². The molecule has 1 N–H and O–H groups in total. The molecule has 0 amide bonds. The quantitative estimate of drug-likeness (QED) is 0.703. The number of hydrogen-bond donors (Lipinski definition) is 1. The van der Waals surface area contributed by atoms with Gasteiger partial charge in [-0.15, -0.1) is 0 Å². The Labute approximate surface area is 102 Å². The van der Waals surface area contributed by atoms with Crippen molar-refractivity contribution in [2.45, 2.75) is 0 Å². The molecule has 1 aromatic carbocycles. The zero-order valence-corrected chi connectivity index (χ0v) is 9.62. The number of aryl methyl sites for hydroxylation is 1. The number of para-hydroxylation sites is 2. The van der Waals surface area contributed by atoms with E-state index < -0.39 is 5.97 Å². The average molecular weight is 242 g/mol.